The third kappa shape index (κ3) is 2.52. The van der Waals surface area contributed by atoms with E-state index in [0.717, 1.165) is 11.3 Å². The minimum Gasteiger partial charge on any atom is -0.496 e. The second kappa shape index (κ2) is 5.26. The van der Waals surface area contributed by atoms with Gasteiger partial charge in [0.1, 0.15) is 11.4 Å². The van der Waals surface area contributed by atoms with E-state index in [1.807, 2.05) is 45.0 Å². The fourth-order valence-electron chi connectivity index (χ4n) is 2.11. The second-order valence-corrected chi connectivity index (χ2v) is 4.52. The lowest BCUT2D eigenvalue weighted by molar-refractivity contribution is 0.102. The highest BCUT2D eigenvalue weighted by Gasteiger charge is 2.19. The van der Waals surface area contributed by atoms with Crippen LogP contribution in [0.1, 0.15) is 34.2 Å². The van der Waals surface area contributed by atoms with E-state index in [9.17, 15) is 4.79 Å². The Bertz CT molecular complexity index is 615. The number of aromatic nitrogens is 2. The Balaban J connectivity index is 2.52. The molecule has 0 aliphatic carbocycles. The molecule has 0 atom stereocenters. The molecule has 2 aromatic rings. The van der Waals surface area contributed by atoms with Gasteiger partial charge in [-0.25, -0.2) is 0 Å². The minimum atomic E-state index is -0.0528. The number of methoxy groups -OCH3 is 1. The summed E-state index contributed by atoms with van der Waals surface area (Å²) < 4.78 is 6.99. The number of ether oxygens (including phenoxy) is 1. The van der Waals surface area contributed by atoms with Gasteiger partial charge >= 0.3 is 0 Å². The highest BCUT2D eigenvalue weighted by molar-refractivity contribution is 6.09. The zero-order valence-corrected chi connectivity index (χ0v) is 11.7. The first kappa shape index (κ1) is 13.3. The smallest absolute Gasteiger partial charge is 0.214 e. The third-order valence-corrected chi connectivity index (χ3v) is 3.03. The van der Waals surface area contributed by atoms with Crippen molar-refractivity contribution in [2.45, 2.75) is 27.3 Å². The third-order valence-electron chi connectivity index (χ3n) is 3.03. The Morgan fingerprint density at radius 2 is 2.05 bits per heavy atom. The van der Waals surface area contributed by atoms with E-state index in [0.29, 0.717) is 23.6 Å². The average Bonchev–Trinajstić information content (AvgIpc) is 2.79. The summed E-state index contributed by atoms with van der Waals surface area (Å²) in [6.07, 6.45) is 0. The first-order chi connectivity index (χ1) is 9.06. The van der Waals surface area contributed by atoms with Gasteiger partial charge < -0.3 is 4.74 Å². The van der Waals surface area contributed by atoms with Crippen LogP contribution in [0.4, 0.5) is 0 Å². The normalized spacial score (nSPS) is 10.5. The minimum absolute atomic E-state index is 0.0528. The zero-order chi connectivity index (χ0) is 14.0. The Labute approximate surface area is 113 Å². The summed E-state index contributed by atoms with van der Waals surface area (Å²) >= 11 is 0. The summed E-state index contributed by atoms with van der Waals surface area (Å²) in [7, 11) is 1.57. The first-order valence-electron chi connectivity index (χ1n) is 6.30. The van der Waals surface area contributed by atoms with Crippen molar-refractivity contribution in [3.8, 4) is 5.75 Å². The largest absolute Gasteiger partial charge is 0.496 e. The molecule has 2 rings (SSSR count). The van der Waals surface area contributed by atoms with Crippen LogP contribution < -0.4 is 4.74 Å². The van der Waals surface area contributed by atoms with E-state index in [-0.39, 0.29) is 5.78 Å². The summed E-state index contributed by atoms with van der Waals surface area (Å²) in [5.41, 5.74) is 3.06. The molecule has 100 valence electrons. The molecule has 0 amide bonds. The molecule has 0 bridgehead atoms. The van der Waals surface area contributed by atoms with Crippen LogP contribution in [0.15, 0.2) is 24.3 Å². The summed E-state index contributed by atoms with van der Waals surface area (Å²) in [5.74, 6) is 0.542. The molecule has 19 heavy (non-hydrogen) atoms. The summed E-state index contributed by atoms with van der Waals surface area (Å²) in [6, 6.07) is 7.41. The maximum absolute atomic E-state index is 12.6. The van der Waals surface area contributed by atoms with Crippen molar-refractivity contribution in [2.24, 2.45) is 0 Å². The van der Waals surface area contributed by atoms with Crippen LogP contribution in [0.5, 0.6) is 5.75 Å². The lowest BCUT2D eigenvalue weighted by atomic mass is 10.0. The molecule has 0 saturated carbocycles. The monoisotopic (exact) mass is 258 g/mol. The molecule has 4 heteroatoms. The molecule has 0 aliphatic heterocycles. The number of nitrogens with zero attached hydrogens (tertiary/aromatic N) is 2. The van der Waals surface area contributed by atoms with Crippen molar-refractivity contribution in [1.29, 1.82) is 0 Å². The number of ketones is 1. The van der Waals surface area contributed by atoms with Crippen LogP contribution in [0.2, 0.25) is 0 Å². The number of benzene rings is 1. The molecular formula is C15H18N2O2. The Morgan fingerprint density at radius 1 is 1.32 bits per heavy atom. The molecular weight excluding hydrogens is 240 g/mol. The quantitative estimate of drug-likeness (QED) is 0.792. The molecule has 0 unspecified atom stereocenters. The number of aryl methyl sites for hydroxylation is 3. The molecule has 1 heterocycles. The van der Waals surface area contributed by atoms with E-state index < -0.39 is 0 Å². The van der Waals surface area contributed by atoms with Crippen LogP contribution in [-0.4, -0.2) is 22.7 Å². The molecule has 0 saturated heterocycles. The number of hydrogen-bond acceptors (Lipinski definition) is 3. The van der Waals surface area contributed by atoms with Gasteiger partial charge in [-0.15, -0.1) is 0 Å². The molecule has 0 aliphatic rings. The highest BCUT2D eigenvalue weighted by atomic mass is 16.5. The number of carbonyl (C=O) groups excluding carboxylic acids is 1. The van der Waals surface area contributed by atoms with E-state index >= 15 is 0 Å². The van der Waals surface area contributed by atoms with Crippen LogP contribution in [0.25, 0.3) is 0 Å². The Hall–Kier alpha value is -2.10. The number of hydrogen-bond donors (Lipinski definition) is 0. The maximum atomic E-state index is 12.6. The first-order valence-corrected chi connectivity index (χ1v) is 6.30. The van der Waals surface area contributed by atoms with Gasteiger partial charge in [-0.1, -0.05) is 11.6 Å². The predicted molar refractivity (Wildman–Crippen MR) is 73.8 cm³/mol. The SMILES string of the molecule is CCn1nc(C)cc1C(=O)c1cc(C)ccc1OC. The van der Waals surface area contributed by atoms with Gasteiger partial charge in [0, 0.05) is 6.54 Å². The van der Waals surface area contributed by atoms with Crippen LogP contribution in [0.3, 0.4) is 0 Å². The number of rotatable bonds is 4. The van der Waals surface area contributed by atoms with Crippen molar-refractivity contribution in [3.63, 3.8) is 0 Å². The van der Waals surface area contributed by atoms with Gasteiger partial charge in [0.05, 0.1) is 18.4 Å². The van der Waals surface area contributed by atoms with Crippen molar-refractivity contribution >= 4 is 5.78 Å². The maximum Gasteiger partial charge on any atom is 0.214 e. The van der Waals surface area contributed by atoms with Crippen LogP contribution >= 0.6 is 0 Å². The zero-order valence-electron chi connectivity index (χ0n) is 11.7. The molecule has 0 spiro atoms. The molecule has 0 N–H and O–H groups in total. The molecule has 1 aromatic heterocycles. The number of carbonyl (C=O) groups is 1. The van der Waals surface area contributed by atoms with Crippen LogP contribution in [0, 0.1) is 13.8 Å². The van der Waals surface area contributed by atoms with Crippen molar-refractivity contribution in [2.75, 3.05) is 7.11 Å². The van der Waals surface area contributed by atoms with Gasteiger partial charge in [0.15, 0.2) is 0 Å². The van der Waals surface area contributed by atoms with Gasteiger partial charge in [0.25, 0.3) is 0 Å². The lowest BCUT2D eigenvalue weighted by Gasteiger charge is -2.09. The van der Waals surface area contributed by atoms with E-state index in [1.54, 1.807) is 11.8 Å². The Kier molecular flexibility index (Phi) is 3.69. The predicted octanol–water partition coefficient (Wildman–Crippen LogP) is 2.76. The average molecular weight is 258 g/mol. The van der Waals surface area contributed by atoms with Gasteiger partial charge in [0.2, 0.25) is 5.78 Å². The fraction of sp³-hybridized carbons (Fsp3) is 0.333. The summed E-state index contributed by atoms with van der Waals surface area (Å²) in [4.78, 5) is 12.6. The topological polar surface area (TPSA) is 44.1 Å². The van der Waals surface area contributed by atoms with Crippen molar-refractivity contribution < 1.29 is 9.53 Å². The van der Waals surface area contributed by atoms with Gasteiger partial charge in [-0.2, -0.15) is 5.10 Å². The van der Waals surface area contributed by atoms with E-state index in [2.05, 4.69) is 5.10 Å². The fourth-order valence-corrected chi connectivity index (χ4v) is 2.11. The highest BCUT2D eigenvalue weighted by Crippen LogP contribution is 2.23. The summed E-state index contributed by atoms with van der Waals surface area (Å²) in [5, 5.41) is 4.31. The van der Waals surface area contributed by atoms with Gasteiger partial charge in [-0.3, -0.25) is 9.48 Å². The summed E-state index contributed by atoms with van der Waals surface area (Å²) in [6.45, 7) is 6.48. The lowest BCUT2D eigenvalue weighted by Crippen LogP contribution is -2.11. The van der Waals surface area contributed by atoms with Crippen LogP contribution in [-0.2, 0) is 6.54 Å². The van der Waals surface area contributed by atoms with Crippen molar-refractivity contribution in [3.05, 3.63) is 46.8 Å². The van der Waals surface area contributed by atoms with Crippen molar-refractivity contribution in [1.82, 2.24) is 9.78 Å². The molecule has 1 aromatic carbocycles. The van der Waals surface area contributed by atoms with E-state index in [4.69, 9.17) is 4.74 Å². The molecule has 0 fully saturated rings. The van der Waals surface area contributed by atoms with Gasteiger partial charge in [-0.05, 0) is 39.0 Å². The Morgan fingerprint density at radius 3 is 2.68 bits per heavy atom. The molecule has 4 nitrogen and oxygen atoms in total. The standard InChI is InChI=1S/C15H18N2O2/c1-5-17-13(9-11(3)16-17)15(18)12-8-10(2)6-7-14(12)19-4/h6-9H,5H2,1-4H3. The molecule has 0 radical (unpaired) electrons. The second-order valence-electron chi connectivity index (χ2n) is 4.52. The van der Waals surface area contributed by atoms with E-state index in [1.165, 1.54) is 0 Å².